The molecule has 3 aromatic rings. The van der Waals surface area contributed by atoms with E-state index in [9.17, 15) is 9.18 Å². The molecule has 0 saturated heterocycles. The highest BCUT2D eigenvalue weighted by Gasteiger charge is 2.43. The maximum Gasteiger partial charge on any atom is 0.251 e. The molecule has 0 aliphatic carbocycles. The summed E-state index contributed by atoms with van der Waals surface area (Å²) < 4.78 is 19.3. The fourth-order valence-electron chi connectivity index (χ4n) is 3.77. The Morgan fingerprint density at radius 2 is 1.68 bits per heavy atom. The highest BCUT2D eigenvalue weighted by atomic mass is 19.1. The van der Waals surface area contributed by atoms with E-state index in [1.54, 1.807) is 5.01 Å². The first-order valence-corrected chi connectivity index (χ1v) is 9.17. The van der Waals surface area contributed by atoms with E-state index in [0.29, 0.717) is 17.7 Å². The Morgan fingerprint density at radius 1 is 0.964 bits per heavy atom. The van der Waals surface area contributed by atoms with Crippen molar-refractivity contribution in [1.29, 1.82) is 0 Å². The number of carbonyl (C=O) groups excluding carboxylic acids is 1. The monoisotopic (exact) mass is 372 g/mol. The number of rotatable bonds is 3. The van der Waals surface area contributed by atoms with Gasteiger partial charge in [0.05, 0.1) is 11.8 Å². The Bertz CT molecular complexity index is 1060. The van der Waals surface area contributed by atoms with Crippen molar-refractivity contribution in [3.63, 3.8) is 0 Å². The van der Waals surface area contributed by atoms with Gasteiger partial charge in [-0.15, -0.1) is 0 Å². The number of ketones is 1. The van der Waals surface area contributed by atoms with Crippen molar-refractivity contribution in [2.24, 2.45) is 5.10 Å². The zero-order chi connectivity index (χ0) is 19.1. The van der Waals surface area contributed by atoms with Crippen molar-refractivity contribution < 1.29 is 13.9 Å². The number of hydrogen-bond donors (Lipinski definition) is 0. The van der Waals surface area contributed by atoms with E-state index < -0.39 is 6.23 Å². The third-order valence-electron chi connectivity index (χ3n) is 5.16. The molecule has 0 amide bonds. The number of ether oxygens (including phenoxy) is 1. The summed E-state index contributed by atoms with van der Waals surface area (Å²) in [6.07, 6.45) is -0.191. The average Bonchev–Trinajstić information content (AvgIpc) is 3.20. The normalized spacial score (nSPS) is 20.0. The smallest absolute Gasteiger partial charge is 0.251 e. The van der Waals surface area contributed by atoms with E-state index in [1.165, 1.54) is 24.3 Å². The molecule has 0 fully saturated rings. The molecule has 28 heavy (non-hydrogen) atoms. The lowest BCUT2D eigenvalue weighted by Gasteiger charge is -2.37. The second kappa shape index (κ2) is 6.60. The molecule has 0 bridgehead atoms. The van der Waals surface area contributed by atoms with E-state index in [2.05, 4.69) is 0 Å². The first-order chi connectivity index (χ1) is 13.7. The minimum atomic E-state index is -0.883. The Hall–Kier alpha value is -3.47. The zero-order valence-electron chi connectivity index (χ0n) is 15.0. The summed E-state index contributed by atoms with van der Waals surface area (Å²) in [4.78, 5) is 13.1. The maximum atomic E-state index is 13.3. The van der Waals surface area contributed by atoms with Gasteiger partial charge in [0.2, 0.25) is 5.78 Å². The molecule has 2 atom stereocenters. The average molecular weight is 372 g/mol. The van der Waals surface area contributed by atoms with Gasteiger partial charge in [0.1, 0.15) is 11.6 Å². The summed E-state index contributed by atoms with van der Waals surface area (Å²) in [6.45, 7) is 0. The lowest BCUT2D eigenvalue weighted by atomic mass is 9.96. The molecule has 2 aliphatic rings. The van der Waals surface area contributed by atoms with Crippen LogP contribution in [0.3, 0.4) is 0 Å². The molecule has 3 aromatic carbocycles. The number of hydrazone groups is 1. The van der Waals surface area contributed by atoms with Crippen molar-refractivity contribution in [2.45, 2.75) is 18.7 Å². The van der Waals surface area contributed by atoms with Crippen LogP contribution in [0.25, 0.3) is 0 Å². The van der Waals surface area contributed by atoms with Crippen LogP contribution in [-0.4, -0.2) is 22.7 Å². The van der Waals surface area contributed by atoms with Crippen LogP contribution in [0.2, 0.25) is 0 Å². The molecular weight excluding hydrogens is 355 g/mol. The number of carbonyl (C=O) groups is 1. The number of Topliss-reactive ketones (excluding diaryl/α,β-unsaturated/α-hetero) is 1. The van der Waals surface area contributed by atoms with Gasteiger partial charge in [-0.1, -0.05) is 48.5 Å². The Balaban J connectivity index is 1.56. The van der Waals surface area contributed by atoms with Crippen molar-refractivity contribution in [3.05, 3.63) is 101 Å². The van der Waals surface area contributed by atoms with Crippen molar-refractivity contribution in [1.82, 2.24) is 5.01 Å². The van der Waals surface area contributed by atoms with E-state index >= 15 is 0 Å². The second-order valence-corrected chi connectivity index (χ2v) is 6.89. The fraction of sp³-hybridized carbons (Fsp3) is 0.130. The Labute approximate surface area is 161 Å². The third kappa shape index (κ3) is 2.76. The molecule has 0 spiro atoms. The van der Waals surface area contributed by atoms with Crippen LogP contribution in [0, 0.1) is 5.82 Å². The van der Waals surface area contributed by atoms with Crippen molar-refractivity contribution >= 4 is 11.5 Å². The maximum absolute atomic E-state index is 13.3. The largest absolute Gasteiger partial charge is 0.461 e. The minimum absolute atomic E-state index is 0.0745. The molecular formula is C23H17FN2O2. The molecule has 2 aliphatic heterocycles. The highest BCUT2D eigenvalue weighted by molar-refractivity contribution is 6.03. The summed E-state index contributed by atoms with van der Waals surface area (Å²) in [5.41, 5.74) is 3.36. The predicted octanol–water partition coefficient (Wildman–Crippen LogP) is 4.58. The molecule has 5 rings (SSSR count). The van der Waals surface area contributed by atoms with Gasteiger partial charge in [-0.05, 0) is 35.9 Å². The van der Waals surface area contributed by atoms with Gasteiger partial charge in [-0.25, -0.2) is 9.40 Å². The van der Waals surface area contributed by atoms with E-state index in [0.717, 1.165) is 16.8 Å². The molecule has 138 valence electrons. The second-order valence-electron chi connectivity index (χ2n) is 6.89. The highest BCUT2D eigenvalue weighted by Crippen LogP contribution is 2.43. The molecule has 0 aromatic heterocycles. The number of para-hydroxylation sites is 1. The molecule has 2 heterocycles. The Morgan fingerprint density at radius 3 is 2.46 bits per heavy atom. The fourth-order valence-corrected chi connectivity index (χ4v) is 3.77. The number of hydrogen-bond acceptors (Lipinski definition) is 4. The van der Waals surface area contributed by atoms with Gasteiger partial charge in [0, 0.05) is 17.5 Å². The van der Waals surface area contributed by atoms with Gasteiger partial charge in [0.25, 0.3) is 6.23 Å². The standard InChI is InChI=1S/C23H17FN2O2/c24-17-12-10-16(11-13-17)22(27)23-26-20(18-8-4-5-9-21(18)28-23)14-19(25-26)15-6-2-1-3-7-15/h1-13,20,23H,14H2. The molecule has 0 saturated carbocycles. The predicted molar refractivity (Wildman–Crippen MR) is 104 cm³/mol. The minimum Gasteiger partial charge on any atom is -0.461 e. The number of fused-ring (bicyclic) bond motifs is 3. The van der Waals surface area contributed by atoms with Gasteiger partial charge in [-0.2, -0.15) is 5.10 Å². The molecule has 5 heteroatoms. The summed E-state index contributed by atoms with van der Waals surface area (Å²) in [6, 6.07) is 23.1. The summed E-state index contributed by atoms with van der Waals surface area (Å²) in [5, 5.41) is 6.50. The molecule has 2 unspecified atom stereocenters. The lowest BCUT2D eigenvalue weighted by Crippen LogP contribution is -2.45. The van der Waals surface area contributed by atoms with E-state index in [-0.39, 0.29) is 17.6 Å². The SMILES string of the molecule is O=C(c1ccc(F)cc1)C1Oc2ccccc2C2CC(c3ccccc3)=NN12. The van der Waals surface area contributed by atoms with E-state index in [4.69, 9.17) is 9.84 Å². The van der Waals surface area contributed by atoms with Crippen LogP contribution < -0.4 is 4.74 Å². The van der Waals surface area contributed by atoms with Crippen LogP contribution in [0.5, 0.6) is 5.75 Å². The van der Waals surface area contributed by atoms with Gasteiger partial charge in [-0.3, -0.25) is 4.79 Å². The van der Waals surface area contributed by atoms with Crippen molar-refractivity contribution in [3.8, 4) is 5.75 Å². The number of nitrogens with zero attached hydrogens (tertiary/aromatic N) is 2. The summed E-state index contributed by atoms with van der Waals surface area (Å²) >= 11 is 0. The summed E-state index contributed by atoms with van der Waals surface area (Å²) in [7, 11) is 0. The van der Waals surface area contributed by atoms with Crippen molar-refractivity contribution in [2.75, 3.05) is 0 Å². The van der Waals surface area contributed by atoms with Crippen LogP contribution in [0.1, 0.15) is 33.9 Å². The van der Waals surface area contributed by atoms with Crippen LogP contribution in [0.4, 0.5) is 4.39 Å². The zero-order valence-corrected chi connectivity index (χ0v) is 15.0. The number of benzene rings is 3. The van der Waals surface area contributed by atoms with Gasteiger partial charge in [0.15, 0.2) is 0 Å². The summed E-state index contributed by atoms with van der Waals surface area (Å²) in [5.74, 6) is 0.0705. The molecule has 0 radical (unpaired) electrons. The quantitative estimate of drug-likeness (QED) is 0.632. The van der Waals surface area contributed by atoms with Gasteiger partial charge >= 0.3 is 0 Å². The van der Waals surface area contributed by atoms with Crippen LogP contribution >= 0.6 is 0 Å². The van der Waals surface area contributed by atoms with Crippen LogP contribution in [-0.2, 0) is 0 Å². The third-order valence-corrected chi connectivity index (χ3v) is 5.16. The van der Waals surface area contributed by atoms with E-state index in [1.807, 2.05) is 54.6 Å². The first kappa shape index (κ1) is 16.7. The Kier molecular flexibility index (Phi) is 3.93. The lowest BCUT2D eigenvalue weighted by molar-refractivity contribution is -0.00456. The topological polar surface area (TPSA) is 41.9 Å². The molecule has 0 N–H and O–H groups in total. The number of halogens is 1. The first-order valence-electron chi connectivity index (χ1n) is 9.17. The van der Waals surface area contributed by atoms with Gasteiger partial charge < -0.3 is 4.74 Å². The molecule has 4 nitrogen and oxygen atoms in total. The van der Waals surface area contributed by atoms with Crippen LogP contribution in [0.15, 0.2) is 84.0 Å².